The summed E-state index contributed by atoms with van der Waals surface area (Å²) in [6.07, 6.45) is 7.15. The molecule has 0 N–H and O–H groups in total. The third kappa shape index (κ3) is 6.46. The molecular weight excluding hydrogens is 218 g/mol. The molecule has 17 heavy (non-hydrogen) atoms. The maximum absolute atomic E-state index is 12.7. The predicted molar refractivity (Wildman–Crippen MR) is 70.7 cm³/mol. The first kappa shape index (κ1) is 15.3. The van der Waals surface area contributed by atoms with Crippen LogP contribution in [-0.2, 0) is 0 Å². The maximum Gasteiger partial charge on any atom is 0.133 e. The van der Waals surface area contributed by atoms with Gasteiger partial charge >= 0.3 is 0 Å². The van der Waals surface area contributed by atoms with Crippen molar-refractivity contribution < 1.29 is 8.78 Å². The zero-order chi connectivity index (χ0) is 13.3. The molecule has 0 fully saturated rings. The predicted octanol–water partition coefficient (Wildman–Crippen LogP) is 5.14. The highest BCUT2D eigenvalue weighted by atomic mass is 19.1. The minimum Gasteiger partial charge on any atom is -0.207 e. The molecular formula is C15H18F2. The molecule has 0 bridgehead atoms. The van der Waals surface area contributed by atoms with Gasteiger partial charge in [0.2, 0.25) is 0 Å². The standard InChI is InChI=1S/C9H8F2.C6H10/c1-2-3-7-4-5-8(10)6-9(7)11;1-4-6(3)5-2/h2-6H,1H3;4-5H,1H2,2-3H3/b3-2+;6-5+. The third-order valence-corrected chi connectivity index (χ3v) is 2.09. The summed E-state index contributed by atoms with van der Waals surface area (Å²) in [7, 11) is 0. The number of hydrogen-bond donors (Lipinski definition) is 0. The van der Waals surface area contributed by atoms with E-state index in [9.17, 15) is 8.78 Å². The van der Waals surface area contributed by atoms with Crippen LogP contribution in [-0.4, -0.2) is 0 Å². The number of hydrogen-bond acceptors (Lipinski definition) is 0. The van der Waals surface area contributed by atoms with Crippen molar-refractivity contribution in [2.24, 2.45) is 0 Å². The monoisotopic (exact) mass is 236 g/mol. The van der Waals surface area contributed by atoms with E-state index in [4.69, 9.17) is 0 Å². The highest BCUT2D eigenvalue weighted by Crippen LogP contribution is 2.10. The molecule has 0 aliphatic heterocycles. The van der Waals surface area contributed by atoms with E-state index in [0.717, 1.165) is 6.07 Å². The second-order valence-corrected chi connectivity index (χ2v) is 3.40. The molecule has 0 unspecified atom stereocenters. The van der Waals surface area contributed by atoms with Crippen LogP contribution in [0.15, 0.2) is 48.6 Å². The Balaban J connectivity index is 0.000000366. The van der Waals surface area contributed by atoms with Crippen LogP contribution in [0.4, 0.5) is 8.78 Å². The van der Waals surface area contributed by atoms with E-state index < -0.39 is 11.6 Å². The SMILES string of the molecule is C/C=C/c1ccc(F)cc1F.C=C/C(C)=C/C. The lowest BCUT2D eigenvalue weighted by Crippen LogP contribution is -1.82. The molecule has 0 atom stereocenters. The number of halogens is 2. The first-order chi connectivity index (χ1) is 8.04. The first-order valence-electron chi connectivity index (χ1n) is 5.38. The summed E-state index contributed by atoms with van der Waals surface area (Å²) in [4.78, 5) is 0. The van der Waals surface area contributed by atoms with Gasteiger partial charge in [-0.2, -0.15) is 0 Å². The van der Waals surface area contributed by atoms with Gasteiger partial charge in [0, 0.05) is 11.6 Å². The molecule has 0 nitrogen and oxygen atoms in total. The van der Waals surface area contributed by atoms with E-state index in [1.807, 2.05) is 26.0 Å². The Kier molecular flexibility index (Phi) is 7.61. The average molecular weight is 236 g/mol. The van der Waals surface area contributed by atoms with Gasteiger partial charge in [0.25, 0.3) is 0 Å². The number of rotatable bonds is 2. The Morgan fingerprint density at radius 2 is 1.88 bits per heavy atom. The molecule has 92 valence electrons. The topological polar surface area (TPSA) is 0 Å². The lowest BCUT2D eigenvalue weighted by molar-refractivity contribution is 0.581. The zero-order valence-electron chi connectivity index (χ0n) is 10.5. The summed E-state index contributed by atoms with van der Waals surface area (Å²) in [5.74, 6) is -1.07. The van der Waals surface area contributed by atoms with Crippen molar-refractivity contribution >= 4 is 6.08 Å². The molecule has 0 radical (unpaired) electrons. The van der Waals surface area contributed by atoms with E-state index in [0.29, 0.717) is 5.56 Å². The molecule has 0 spiro atoms. The first-order valence-corrected chi connectivity index (χ1v) is 5.38. The van der Waals surface area contributed by atoms with Gasteiger partial charge in [-0.25, -0.2) is 8.78 Å². The Morgan fingerprint density at radius 3 is 2.24 bits per heavy atom. The molecule has 2 heteroatoms. The summed E-state index contributed by atoms with van der Waals surface area (Å²) >= 11 is 0. The van der Waals surface area contributed by atoms with Crippen LogP contribution in [0, 0.1) is 11.6 Å². The molecule has 0 amide bonds. The van der Waals surface area contributed by atoms with E-state index >= 15 is 0 Å². The third-order valence-electron chi connectivity index (χ3n) is 2.09. The van der Waals surface area contributed by atoms with Crippen molar-refractivity contribution in [3.05, 3.63) is 65.8 Å². The van der Waals surface area contributed by atoms with Crippen LogP contribution in [0.3, 0.4) is 0 Å². The summed E-state index contributed by atoms with van der Waals surface area (Å²) in [6, 6.07) is 3.51. The van der Waals surface area contributed by atoms with Gasteiger partial charge < -0.3 is 0 Å². The van der Waals surface area contributed by atoms with Crippen LogP contribution in [0.25, 0.3) is 6.08 Å². The van der Waals surface area contributed by atoms with Crippen molar-refractivity contribution in [1.82, 2.24) is 0 Å². The fourth-order valence-electron chi connectivity index (χ4n) is 0.934. The summed E-state index contributed by atoms with van der Waals surface area (Å²) in [6.45, 7) is 9.36. The molecule has 0 saturated carbocycles. The molecule has 0 aromatic heterocycles. The van der Waals surface area contributed by atoms with Crippen LogP contribution in [0.5, 0.6) is 0 Å². The molecule has 1 aromatic rings. The molecule has 0 aliphatic rings. The fraction of sp³-hybridized carbons (Fsp3) is 0.200. The number of benzene rings is 1. The smallest absolute Gasteiger partial charge is 0.133 e. The second-order valence-electron chi connectivity index (χ2n) is 3.40. The molecule has 0 aliphatic carbocycles. The van der Waals surface area contributed by atoms with Crippen LogP contribution in [0.2, 0.25) is 0 Å². The second kappa shape index (κ2) is 8.45. The summed E-state index contributed by atoms with van der Waals surface area (Å²) in [5, 5.41) is 0. The van der Waals surface area contributed by atoms with Crippen molar-refractivity contribution in [1.29, 1.82) is 0 Å². The minimum absolute atomic E-state index is 0.411. The molecule has 1 aromatic carbocycles. The highest BCUT2D eigenvalue weighted by molar-refractivity contribution is 5.49. The fourth-order valence-corrected chi connectivity index (χ4v) is 0.934. The average Bonchev–Trinajstić information content (AvgIpc) is 2.33. The zero-order valence-corrected chi connectivity index (χ0v) is 10.5. The Bertz CT molecular complexity index is 415. The van der Waals surface area contributed by atoms with E-state index in [-0.39, 0.29) is 0 Å². The normalized spacial score (nSPS) is 11.0. The van der Waals surface area contributed by atoms with Gasteiger partial charge in [0.1, 0.15) is 11.6 Å². The summed E-state index contributed by atoms with van der Waals surface area (Å²) in [5.41, 5.74) is 1.64. The quantitative estimate of drug-likeness (QED) is 0.624. The van der Waals surface area contributed by atoms with Crippen molar-refractivity contribution in [2.45, 2.75) is 20.8 Å². The molecule has 0 heterocycles. The number of allylic oxidation sites excluding steroid dienone is 4. The van der Waals surface area contributed by atoms with E-state index in [2.05, 4.69) is 6.58 Å². The van der Waals surface area contributed by atoms with Crippen LogP contribution < -0.4 is 0 Å². The minimum atomic E-state index is -0.546. The van der Waals surface area contributed by atoms with Gasteiger partial charge in [-0.15, -0.1) is 0 Å². The van der Waals surface area contributed by atoms with Crippen molar-refractivity contribution in [3.63, 3.8) is 0 Å². The van der Waals surface area contributed by atoms with Gasteiger partial charge in [0.15, 0.2) is 0 Å². The Hall–Kier alpha value is -1.70. The van der Waals surface area contributed by atoms with Crippen molar-refractivity contribution in [2.75, 3.05) is 0 Å². The van der Waals surface area contributed by atoms with E-state index in [1.54, 1.807) is 19.1 Å². The maximum atomic E-state index is 12.7. The molecule has 1 rings (SSSR count). The van der Waals surface area contributed by atoms with Gasteiger partial charge in [-0.05, 0) is 32.9 Å². The van der Waals surface area contributed by atoms with Gasteiger partial charge in [0.05, 0.1) is 0 Å². The largest absolute Gasteiger partial charge is 0.207 e. The van der Waals surface area contributed by atoms with Gasteiger partial charge in [-0.3, -0.25) is 0 Å². The lowest BCUT2D eigenvalue weighted by atomic mass is 10.2. The van der Waals surface area contributed by atoms with E-state index in [1.165, 1.54) is 17.7 Å². The lowest BCUT2D eigenvalue weighted by Gasteiger charge is -1.94. The Labute approximate surface area is 102 Å². The summed E-state index contributed by atoms with van der Waals surface area (Å²) < 4.78 is 25.1. The highest BCUT2D eigenvalue weighted by Gasteiger charge is 1.98. The van der Waals surface area contributed by atoms with Crippen LogP contribution >= 0.6 is 0 Å². The Morgan fingerprint density at radius 1 is 1.24 bits per heavy atom. The van der Waals surface area contributed by atoms with Gasteiger partial charge in [-0.1, -0.05) is 36.5 Å². The van der Waals surface area contributed by atoms with Crippen LogP contribution in [0.1, 0.15) is 26.3 Å². The van der Waals surface area contributed by atoms with Crippen molar-refractivity contribution in [3.8, 4) is 0 Å². The molecule has 0 saturated heterocycles.